The van der Waals surface area contributed by atoms with Crippen molar-refractivity contribution in [3.63, 3.8) is 0 Å². The average molecular weight is 281 g/mol. The van der Waals surface area contributed by atoms with E-state index >= 15 is 0 Å². The molecule has 0 spiro atoms. The Balaban J connectivity index is 2.71. The van der Waals surface area contributed by atoms with Crippen LogP contribution in [0, 0.1) is 5.82 Å². The van der Waals surface area contributed by atoms with E-state index in [4.69, 9.17) is 4.74 Å². The second kappa shape index (κ2) is 7.03. The van der Waals surface area contributed by atoms with Gasteiger partial charge in [-0.25, -0.2) is 9.18 Å². The fraction of sp³-hybridized carbons (Fsp3) is 0.467. The van der Waals surface area contributed by atoms with Crippen LogP contribution in [0.25, 0.3) is 0 Å². The van der Waals surface area contributed by atoms with Gasteiger partial charge in [-0.2, -0.15) is 0 Å². The maximum absolute atomic E-state index is 12.8. The van der Waals surface area contributed by atoms with E-state index in [2.05, 4.69) is 5.32 Å². The SMILES string of the molecule is CCCC(C)(NC(=O)Cc1ccc(F)cc1)C(=O)OC. The van der Waals surface area contributed by atoms with E-state index in [1.807, 2.05) is 6.92 Å². The summed E-state index contributed by atoms with van der Waals surface area (Å²) in [6.45, 7) is 3.57. The highest BCUT2D eigenvalue weighted by atomic mass is 19.1. The highest BCUT2D eigenvalue weighted by molar-refractivity contribution is 5.88. The maximum Gasteiger partial charge on any atom is 0.331 e. The van der Waals surface area contributed by atoms with Crippen LogP contribution in [0.3, 0.4) is 0 Å². The van der Waals surface area contributed by atoms with Gasteiger partial charge in [0.2, 0.25) is 5.91 Å². The van der Waals surface area contributed by atoms with Crippen molar-refractivity contribution in [3.8, 4) is 0 Å². The molecule has 0 bridgehead atoms. The minimum atomic E-state index is -1.03. The first-order valence-electron chi connectivity index (χ1n) is 6.55. The number of halogens is 1. The van der Waals surface area contributed by atoms with Crippen LogP contribution in [-0.4, -0.2) is 24.5 Å². The lowest BCUT2D eigenvalue weighted by molar-refractivity contribution is -0.150. The Morgan fingerprint density at radius 3 is 2.40 bits per heavy atom. The lowest BCUT2D eigenvalue weighted by Crippen LogP contribution is -2.53. The van der Waals surface area contributed by atoms with E-state index in [0.717, 1.165) is 6.42 Å². The zero-order chi connectivity index (χ0) is 15.2. The summed E-state index contributed by atoms with van der Waals surface area (Å²) in [6.07, 6.45) is 1.33. The number of benzene rings is 1. The molecule has 1 N–H and O–H groups in total. The van der Waals surface area contributed by atoms with Gasteiger partial charge >= 0.3 is 5.97 Å². The number of amides is 1. The monoisotopic (exact) mass is 281 g/mol. The standard InChI is InChI=1S/C15H20FNO3/c1-4-9-15(2,14(19)20-3)17-13(18)10-11-5-7-12(16)8-6-11/h5-8H,4,9-10H2,1-3H3,(H,17,18). The topological polar surface area (TPSA) is 55.4 Å². The van der Waals surface area contributed by atoms with Crippen LogP contribution in [0.15, 0.2) is 24.3 Å². The quantitative estimate of drug-likeness (QED) is 0.813. The Kier molecular flexibility index (Phi) is 5.67. The van der Waals surface area contributed by atoms with Crippen molar-refractivity contribution in [1.29, 1.82) is 0 Å². The van der Waals surface area contributed by atoms with Crippen LogP contribution in [0.2, 0.25) is 0 Å². The summed E-state index contributed by atoms with van der Waals surface area (Å²) in [5.74, 6) is -1.11. The Morgan fingerprint density at radius 1 is 1.30 bits per heavy atom. The van der Waals surface area contributed by atoms with E-state index in [1.54, 1.807) is 19.1 Å². The maximum atomic E-state index is 12.8. The van der Waals surface area contributed by atoms with Gasteiger partial charge in [0.1, 0.15) is 11.4 Å². The minimum absolute atomic E-state index is 0.0938. The summed E-state index contributed by atoms with van der Waals surface area (Å²) in [5, 5.41) is 2.70. The van der Waals surface area contributed by atoms with Gasteiger partial charge in [0, 0.05) is 0 Å². The molecule has 0 fully saturated rings. The first-order chi connectivity index (χ1) is 9.41. The van der Waals surface area contributed by atoms with Gasteiger partial charge < -0.3 is 10.1 Å². The fourth-order valence-electron chi connectivity index (χ4n) is 2.08. The summed E-state index contributed by atoms with van der Waals surface area (Å²) in [7, 11) is 1.29. The molecule has 0 aliphatic carbocycles. The normalized spacial score (nSPS) is 13.4. The Morgan fingerprint density at radius 2 is 1.90 bits per heavy atom. The second-order valence-corrected chi connectivity index (χ2v) is 4.93. The molecule has 5 heteroatoms. The number of rotatable bonds is 6. The summed E-state index contributed by atoms with van der Waals surface area (Å²) >= 11 is 0. The van der Waals surface area contributed by atoms with Crippen molar-refractivity contribution in [2.24, 2.45) is 0 Å². The molecule has 1 amide bonds. The molecular weight excluding hydrogens is 261 g/mol. The third kappa shape index (κ3) is 4.33. The molecule has 0 radical (unpaired) electrons. The predicted octanol–water partition coefficient (Wildman–Crippen LogP) is 2.22. The van der Waals surface area contributed by atoms with Gasteiger partial charge in [-0.15, -0.1) is 0 Å². The van der Waals surface area contributed by atoms with Crippen LogP contribution in [-0.2, 0) is 20.7 Å². The smallest absolute Gasteiger partial charge is 0.331 e. The third-order valence-electron chi connectivity index (χ3n) is 3.08. The van der Waals surface area contributed by atoms with Crippen molar-refractivity contribution in [1.82, 2.24) is 5.32 Å². The molecule has 110 valence electrons. The van der Waals surface area contributed by atoms with Crippen LogP contribution in [0.5, 0.6) is 0 Å². The molecule has 0 aromatic heterocycles. The average Bonchev–Trinajstić information content (AvgIpc) is 2.40. The molecule has 0 saturated carbocycles. The van der Waals surface area contributed by atoms with E-state index in [9.17, 15) is 14.0 Å². The molecule has 1 rings (SSSR count). The molecule has 0 saturated heterocycles. The highest BCUT2D eigenvalue weighted by Crippen LogP contribution is 2.15. The molecular formula is C15H20FNO3. The zero-order valence-electron chi connectivity index (χ0n) is 12.0. The summed E-state index contributed by atoms with van der Waals surface area (Å²) in [6, 6.07) is 5.69. The first kappa shape index (κ1) is 16.1. The number of esters is 1. The Labute approximate surface area is 118 Å². The van der Waals surface area contributed by atoms with E-state index in [1.165, 1.54) is 19.2 Å². The molecule has 1 aromatic carbocycles. The molecule has 0 heterocycles. The van der Waals surface area contributed by atoms with Gasteiger partial charge in [-0.3, -0.25) is 4.79 Å². The number of methoxy groups -OCH3 is 1. The molecule has 0 aliphatic rings. The lowest BCUT2D eigenvalue weighted by Gasteiger charge is -2.27. The summed E-state index contributed by atoms with van der Waals surface area (Å²) in [4.78, 5) is 23.8. The van der Waals surface area contributed by atoms with Crippen LogP contribution >= 0.6 is 0 Å². The number of hydrogen-bond acceptors (Lipinski definition) is 3. The Hall–Kier alpha value is -1.91. The molecule has 1 unspecified atom stereocenters. The number of carbonyl (C=O) groups is 2. The van der Waals surface area contributed by atoms with Gasteiger partial charge in [0.25, 0.3) is 0 Å². The first-order valence-corrected chi connectivity index (χ1v) is 6.55. The van der Waals surface area contributed by atoms with Crippen molar-refractivity contribution >= 4 is 11.9 Å². The largest absolute Gasteiger partial charge is 0.467 e. The van der Waals surface area contributed by atoms with E-state index < -0.39 is 11.5 Å². The van der Waals surface area contributed by atoms with Crippen molar-refractivity contribution < 1.29 is 18.7 Å². The molecule has 0 aliphatic heterocycles. The van der Waals surface area contributed by atoms with Crippen LogP contribution in [0.4, 0.5) is 4.39 Å². The molecule has 1 atom stereocenters. The van der Waals surface area contributed by atoms with E-state index in [0.29, 0.717) is 12.0 Å². The van der Waals surface area contributed by atoms with Crippen LogP contribution in [0.1, 0.15) is 32.3 Å². The van der Waals surface area contributed by atoms with Gasteiger partial charge in [0.05, 0.1) is 13.5 Å². The minimum Gasteiger partial charge on any atom is -0.467 e. The number of ether oxygens (including phenoxy) is 1. The number of nitrogens with one attached hydrogen (secondary N) is 1. The Bertz CT molecular complexity index is 473. The van der Waals surface area contributed by atoms with Gasteiger partial charge in [0.15, 0.2) is 0 Å². The number of carbonyl (C=O) groups excluding carboxylic acids is 2. The van der Waals surface area contributed by atoms with Crippen molar-refractivity contribution in [2.45, 2.75) is 38.6 Å². The second-order valence-electron chi connectivity index (χ2n) is 4.93. The summed E-state index contributed by atoms with van der Waals surface area (Å²) in [5.41, 5.74) is -0.340. The molecule has 1 aromatic rings. The van der Waals surface area contributed by atoms with Crippen LogP contribution < -0.4 is 5.32 Å². The van der Waals surface area contributed by atoms with Crippen molar-refractivity contribution in [2.75, 3.05) is 7.11 Å². The van der Waals surface area contributed by atoms with Gasteiger partial charge in [-0.1, -0.05) is 25.5 Å². The lowest BCUT2D eigenvalue weighted by atomic mass is 9.95. The molecule has 20 heavy (non-hydrogen) atoms. The fourth-order valence-corrected chi connectivity index (χ4v) is 2.08. The number of hydrogen-bond donors (Lipinski definition) is 1. The molecule has 4 nitrogen and oxygen atoms in total. The third-order valence-corrected chi connectivity index (χ3v) is 3.08. The van der Waals surface area contributed by atoms with E-state index in [-0.39, 0.29) is 18.1 Å². The predicted molar refractivity (Wildman–Crippen MR) is 73.6 cm³/mol. The van der Waals surface area contributed by atoms with Crippen molar-refractivity contribution in [3.05, 3.63) is 35.6 Å². The zero-order valence-corrected chi connectivity index (χ0v) is 12.0. The highest BCUT2D eigenvalue weighted by Gasteiger charge is 2.34. The van der Waals surface area contributed by atoms with Gasteiger partial charge in [-0.05, 0) is 31.0 Å². The summed E-state index contributed by atoms with van der Waals surface area (Å²) < 4.78 is 17.5.